The van der Waals surface area contributed by atoms with E-state index in [1.165, 1.54) is 93.6 Å². The molecule has 0 aliphatic carbocycles. The predicted molar refractivity (Wildman–Crippen MR) is 189 cm³/mol. The van der Waals surface area contributed by atoms with Crippen molar-refractivity contribution in [3.63, 3.8) is 0 Å². The van der Waals surface area contributed by atoms with Gasteiger partial charge in [0.2, 0.25) is 0 Å². The Labute approximate surface area is 261 Å². The van der Waals surface area contributed by atoms with E-state index in [1.54, 1.807) is 0 Å². The predicted octanol–water partition coefficient (Wildman–Crippen LogP) is 7.80. The molecule has 0 saturated carbocycles. The van der Waals surface area contributed by atoms with Crippen LogP contribution >= 0.6 is 0 Å². The van der Waals surface area contributed by atoms with E-state index in [4.69, 9.17) is 0 Å². The Hall–Kier alpha value is -5.53. The third kappa shape index (κ3) is 3.10. The quantitative estimate of drug-likeness (QED) is 0.185. The van der Waals surface area contributed by atoms with Gasteiger partial charge in [0, 0.05) is 44.0 Å². The van der Waals surface area contributed by atoms with Crippen molar-refractivity contribution in [1.82, 2.24) is 9.13 Å². The van der Waals surface area contributed by atoms with E-state index in [1.807, 2.05) is 12.1 Å². The zero-order chi connectivity index (χ0) is 30.3. The van der Waals surface area contributed by atoms with Crippen molar-refractivity contribution in [2.24, 2.45) is 0 Å². The van der Waals surface area contributed by atoms with Crippen LogP contribution in [0.1, 0.15) is 27.8 Å². The topological polar surface area (TPSA) is 33.6 Å². The number of aryl methyl sites for hydroxylation is 4. The van der Waals surface area contributed by atoms with Gasteiger partial charge in [-0.05, 0) is 116 Å². The van der Waals surface area contributed by atoms with Gasteiger partial charge >= 0.3 is 0 Å². The summed E-state index contributed by atoms with van der Waals surface area (Å²) in [5.74, 6) is 0. The third-order valence-electron chi connectivity index (χ3n) is 10.3. The summed E-state index contributed by atoms with van der Waals surface area (Å²) in [4.78, 5) is 0. The Morgan fingerprint density at radius 2 is 1.00 bits per heavy atom. The van der Waals surface area contributed by atoms with Gasteiger partial charge < -0.3 is 9.13 Å². The Bertz CT molecular complexity index is 2540. The van der Waals surface area contributed by atoms with Crippen molar-refractivity contribution in [2.45, 2.75) is 27.7 Å². The van der Waals surface area contributed by atoms with Crippen LogP contribution in [0.3, 0.4) is 0 Å². The number of nitriles is 1. The summed E-state index contributed by atoms with van der Waals surface area (Å²) in [6, 6.07) is 38.5. The molecule has 0 saturated heterocycles. The fraction of sp³-hybridized carbons (Fsp3) is 0.0976. The van der Waals surface area contributed by atoms with E-state index < -0.39 is 0 Å². The van der Waals surface area contributed by atoms with Crippen LogP contribution in [0.25, 0.3) is 66.1 Å². The lowest BCUT2D eigenvalue weighted by Crippen LogP contribution is -2.59. The van der Waals surface area contributed by atoms with E-state index in [0.717, 1.165) is 11.1 Å². The number of nitrogens with zero attached hydrogens (tertiary/aromatic N) is 3. The van der Waals surface area contributed by atoms with Crippen LogP contribution < -0.4 is 16.4 Å². The first kappa shape index (κ1) is 24.9. The molecule has 4 heterocycles. The van der Waals surface area contributed by atoms with Crippen LogP contribution in [0.2, 0.25) is 0 Å². The fourth-order valence-corrected chi connectivity index (χ4v) is 8.50. The minimum Gasteiger partial charge on any atom is -0.310 e. The number of benzene rings is 6. The molecule has 4 heteroatoms. The minimum absolute atomic E-state index is 0.116. The molecule has 3 nitrogen and oxygen atoms in total. The highest BCUT2D eigenvalue weighted by atomic mass is 15.0. The summed E-state index contributed by atoms with van der Waals surface area (Å²) >= 11 is 0. The van der Waals surface area contributed by atoms with E-state index in [9.17, 15) is 5.26 Å². The molecule has 2 aromatic heterocycles. The summed E-state index contributed by atoms with van der Waals surface area (Å²) in [6.45, 7) is 8.98. The Balaban J connectivity index is 1.46. The van der Waals surface area contributed by atoms with Gasteiger partial charge in [-0.1, -0.05) is 58.7 Å². The van der Waals surface area contributed by atoms with E-state index in [2.05, 4.69) is 128 Å². The molecule has 0 spiro atoms. The molecule has 0 amide bonds. The van der Waals surface area contributed by atoms with Crippen molar-refractivity contribution < 1.29 is 0 Å². The second-order valence-corrected chi connectivity index (χ2v) is 13.3. The zero-order valence-corrected chi connectivity index (χ0v) is 25.7. The lowest BCUT2D eigenvalue weighted by atomic mass is 9.34. The highest BCUT2D eigenvalue weighted by molar-refractivity contribution is 7.00. The van der Waals surface area contributed by atoms with Crippen LogP contribution in [-0.2, 0) is 0 Å². The van der Waals surface area contributed by atoms with E-state index >= 15 is 0 Å². The molecular formula is C41H28BN3. The summed E-state index contributed by atoms with van der Waals surface area (Å²) in [6.07, 6.45) is 0. The largest absolute Gasteiger partial charge is 0.310 e. The van der Waals surface area contributed by atoms with Crippen molar-refractivity contribution in [1.29, 1.82) is 5.26 Å². The van der Waals surface area contributed by atoms with Crippen molar-refractivity contribution in [2.75, 3.05) is 0 Å². The zero-order valence-electron chi connectivity index (χ0n) is 25.7. The maximum atomic E-state index is 9.51. The molecule has 8 aromatic rings. The number of rotatable bonds is 1. The Kier molecular flexibility index (Phi) is 4.61. The maximum Gasteiger partial charge on any atom is 0.252 e. The first-order valence-corrected chi connectivity index (χ1v) is 15.7. The molecule has 2 aliphatic heterocycles. The molecule has 0 unspecified atom stereocenters. The fourth-order valence-electron chi connectivity index (χ4n) is 8.50. The molecular weight excluding hydrogens is 545 g/mol. The van der Waals surface area contributed by atoms with E-state index in [-0.39, 0.29) is 6.71 Å². The Morgan fingerprint density at radius 3 is 1.49 bits per heavy atom. The highest BCUT2D eigenvalue weighted by Crippen LogP contribution is 2.41. The first-order valence-electron chi connectivity index (χ1n) is 15.7. The normalized spacial score (nSPS) is 12.8. The molecule has 0 N–H and O–H groups in total. The number of hydrogen-bond donors (Lipinski definition) is 0. The summed E-state index contributed by atoms with van der Waals surface area (Å²) in [7, 11) is 0. The van der Waals surface area contributed by atoms with Gasteiger partial charge in [-0.3, -0.25) is 0 Å². The first-order chi connectivity index (χ1) is 21.9. The van der Waals surface area contributed by atoms with Crippen LogP contribution in [0.15, 0.2) is 97.1 Å². The number of aromatic nitrogens is 2. The standard InChI is InChI=1S/C41H28BN3/c1-22-5-11-35-29(13-22)31-15-24(3)17-33-40(31)44(35)37-19-28(27-9-7-26(21-43)8-10-27)20-38-39(37)42(33)34-18-25(4)16-32-30-14-23(2)6-12-36(30)45(38)41(32)34/h5-20H,1-4H3. The van der Waals surface area contributed by atoms with Gasteiger partial charge in [-0.25, -0.2) is 0 Å². The average Bonchev–Trinajstić information content (AvgIpc) is 3.53. The summed E-state index contributed by atoms with van der Waals surface area (Å²) in [5, 5.41) is 14.8. The SMILES string of the molecule is Cc1ccc2c(c1)c1cc(C)cc3c1n2-c1cc(-c2ccc(C#N)cc2)cc2c1B3c1cc(C)cc3c4cc(C)ccc4n-2c13. The highest BCUT2D eigenvalue weighted by Gasteiger charge is 2.41. The molecule has 6 aromatic carbocycles. The van der Waals surface area contributed by atoms with Gasteiger partial charge in [0.1, 0.15) is 0 Å². The number of fused-ring (bicyclic) bond motifs is 10. The molecule has 0 bridgehead atoms. The lowest BCUT2D eigenvalue weighted by molar-refractivity contribution is 1.14. The van der Waals surface area contributed by atoms with Gasteiger partial charge in [0.15, 0.2) is 0 Å². The lowest BCUT2D eigenvalue weighted by Gasteiger charge is -2.34. The van der Waals surface area contributed by atoms with Crippen LogP contribution in [0.4, 0.5) is 0 Å². The van der Waals surface area contributed by atoms with Gasteiger partial charge in [0.05, 0.1) is 22.7 Å². The second kappa shape index (κ2) is 8.34. The monoisotopic (exact) mass is 573 g/mol. The molecule has 0 radical (unpaired) electrons. The Morgan fingerprint density at radius 1 is 0.511 bits per heavy atom. The van der Waals surface area contributed by atoms with Crippen LogP contribution in [-0.4, -0.2) is 15.8 Å². The van der Waals surface area contributed by atoms with Gasteiger partial charge in [0.25, 0.3) is 6.71 Å². The van der Waals surface area contributed by atoms with Crippen molar-refractivity contribution >= 4 is 66.7 Å². The van der Waals surface area contributed by atoms with E-state index in [0.29, 0.717) is 5.56 Å². The van der Waals surface area contributed by atoms with Crippen molar-refractivity contribution in [3.8, 4) is 28.6 Å². The molecule has 45 heavy (non-hydrogen) atoms. The maximum absolute atomic E-state index is 9.51. The summed E-state index contributed by atoms with van der Waals surface area (Å²) in [5.41, 5.74) is 19.8. The summed E-state index contributed by atoms with van der Waals surface area (Å²) < 4.78 is 5.07. The van der Waals surface area contributed by atoms with Crippen LogP contribution in [0.5, 0.6) is 0 Å². The van der Waals surface area contributed by atoms with Gasteiger partial charge in [-0.15, -0.1) is 0 Å². The van der Waals surface area contributed by atoms with Crippen molar-refractivity contribution in [3.05, 3.63) is 125 Å². The molecule has 10 rings (SSSR count). The molecule has 2 aliphatic rings. The van der Waals surface area contributed by atoms with Crippen LogP contribution in [0, 0.1) is 39.0 Å². The molecule has 210 valence electrons. The second-order valence-electron chi connectivity index (χ2n) is 13.3. The van der Waals surface area contributed by atoms with Gasteiger partial charge in [-0.2, -0.15) is 5.26 Å². The third-order valence-corrected chi connectivity index (χ3v) is 10.3. The molecule has 0 fully saturated rings. The smallest absolute Gasteiger partial charge is 0.252 e. The average molecular weight is 574 g/mol. The minimum atomic E-state index is 0.116. The molecule has 0 atom stereocenters. The number of hydrogen-bond acceptors (Lipinski definition) is 1.